The predicted octanol–water partition coefficient (Wildman–Crippen LogP) is 2.82. The molecule has 1 heterocycles. The Balaban J connectivity index is 1.41. The number of H-pyrrole nitrogens is 1. The van der Waals surface area contributed by atoms with E-state index in [1.54, 1.807) is 4.31 Å². The van der Waals surface area contributed by atoms with Crippen molar-refractivity contribution in [3.8, 4) is 5.75 Å². The third kappa shape index (κ3) is 7.51. The lowest BCUT2D eigenvalue weighted by Gasteiger charge is -2.32. The molecule has 11 heteroatoms. The van der Waals surface area contributed by atoms with Crippen LogP contribution in [0.3, 0.4) is 0 Å². The second-order valence-corrected chi connectivity index (χ2v) is 9.51. The number of carbonyl (C=O) groups excluding carboxylic acids is 1. The van der Waals surface area contributed by atoms with Crippen molar-refractivity contribution in [1.82, 2.24) is 14.6 Å². The Bertz CT molecular complexity index is 939. The van der Waals surface area contributed by atoms with Crippen molar-refractivity contribution < 1.29 is 24.6 Å². The molecule has 1 aliphatic carbocycles. The summed E-state index contributed by atoms with van der Waals surface area (Å²) in [5, 5.41) is 24.3. The molecule has 1 aromatic heterocycles. The van der Waals surface area contributed by atoms with E-state index < -0.39 is 17.3 Å². The highest BCUT2D eigenvalue weighted by molar-refractivity contribution is 7.98. The summed E-state index contributed by atoms with van der Waals surface area (Å²) in [4.78, 5) is 30.9. The number of aromatic amines is 1. The van der Waals surface area contributed by atoms with Gasteiger partial charge in [0.05, 0.1) is 5.25 Å². The van der Waals surface area contributed by atoms with Gasteiger partial charge in [0.15, 0.2) is 0 Å². The average Bonchev–Trinajstić information content (AvgIpc) is 3.15. The van der Waals surface area contributed by atoms with Crippen LogP contribution >= 0.6 is 11.9 Å². The van der Waals surface area contributed by atoms with Gasteiger partial charge in [-0.3, -0.25) is 9.10 Å². The van der Waals surface area contributed by atoms with Gasteiger partial charge in [0, 0.05) is 43.2 Å². The molecule has 3 N–H and O–H groups in total. The lowest BCUT2D eigenvalue weighted by atomic mass is 9.97. The molecule has 0 aliphatic heterocycles. The first-order valence-corrected chi connectivity index (χ1v) is 12.0. The number of nitrogens with one attached hydrogen (secondary N) is 2. The van der Waals surface area contributed by atoms with Gasteiger partial charge in [0.25, 0.3) is 5.09 Å². The van der Waals surface area contributed by atoms with Crippen molar-refractivity contribution in [3.05, 3.63) is 40.1 Å². The molecule has 10 nitrogen and oxygen atoms in total. The molecule has 1 amide bonds. The molecule has 33 heavy (non-hydrogen) atoms. The maximum Gasteiger partial charge on any atom is 0.294 e. The number of hydrogen-bond acceptors (Lipinski definition) is 8. The molecule has 0 saturated heterocycles. The number of benzene rings is 1. The lowest BCUT2D eigenvalue weighted by molar-refractivity contribution is -0.768. The molecular weight excluding hydrogens is 448 g/mol. The van der Waals surface area contributed by atoms with Gasteiger partial charge in [-0.1, -0.05) is 18.9 Å². The minimum Gasteiger partial charge on any atom is -0.490 e. The summed E-state index contributed by atoms with van der Waals surface area (Å²) < 4.78 is 7.42. The third-order valence-corrected chi connectivity index (χ3v) is 7.04. The third-order valence-electron chi connectivity index (χ3n) is 5.54. The average molecular weight is 481 g/mol. The highest BCUT2D eigenvalue weighted by Crippen LogP contribution is 2.33. The summed E-state index contributed by atoms with van der Waals surface area (Å²) in [6, 6.07) is 7.76. The SMILES string of the molecule is CC(=O)N(CCNCC(O)COc1cccc2[nH]c(C)cc12)S[C@@H]1CCCC[C@H]1O[N+](=O)[O-]. The summed E-state index contributed by atoms with van der Waals surface area (Å²) in [5.74, 6) is 0.597. The fourth-order valence-corrected chi connectivity index (χ4v) is 5.21. The van der Waals surface area contributed by atoms with E-state index in [1.807, 2.05) is 31.2 Å². The maximum absolute atomic E-state index is 12.1. The smallest absolute Gasteiger partial charge is 0.294 e. The van der Waals surface area contributed by atoms with Crippen LogP contribution in [0.2, 0.25) is 0 Å². The van der Waals surface area contributed by atoms with Crippen LogP contribution in [-0.4, -0.2) is 69.1 Å². The number of ether oxygens (including phenoxy) is 1. The second-order valence-electron chi connectivity index (χ2n) is 8.26. The number of nitrogens with zero attached hydrogens (tertiary/aromatic N) is 2. The summed E-state index contributed by atoms with van der Waals surface area (Å²) in [6.07, 6.45) is 2.02. The molecule has 2 aromatic rings. The van der Waals surface area contributed by atoms with E-state index >= 15 is 0 Å². The van der Waals surface area contributed by atoms with E-state index in [2.05, 4.69) is 10.3 Å². The molecule has 1 saturated carbocycles. The summed E-state index contributed by atoms with van der Waals surface area (Å²) in [5.41, 5.74) is 2.03. The largest absolute Gasteiger partial charge is 0.490 e. The Morgan fingerprint density at radius 2 is 2.21 bits per heavy atom. The number of aromatic nitrogens is 1. The van der Waals surface area contributed by atoms with E-state index in [0.717, 1.165) is 35.9 Å². The van der Waals surface area contributed by atoms with Crippen molar-refractivity contribution in [2.24, 2.45) is 0 Å². The molecule has 3 atom stereocenters. The number of aliphatic hydroxyl groups excluding tert-OH is 1. The van der Waals surface area contributed by atoms with E-state index in [0.29, 0.717) is 31.8 Å². The highest BCUT2D eigenvalue weighted by Gasteiger charge is 2.31. The Morgan fingerprint density at radius 3 is 2.97 bits per heavy atom. The first kappa shape index (κ1) is 25.1. The van der Waals surface area contributed by atoms with Crippen molar-refractivity contribution in [3.63, 3.8) is 0 Å². The van der Waals surface area contributed by atoms with E-state index in [9.17, 15) is 20.0 Å². The number of amides is 1. The Morgan fingerprint density at radius 1 is 1.42 bits per heavy atom. The van der Waals surface area contributed by atoms with Crippen LogP contribution in [0.25, 0.3) is 10.9 Å². The number of carbonyl (C=O) groups is 1. The Labute approximate surface area is 197 Å². The molecule has 1 aromatic carbocycles. The molecule has 1 aliphatic rings. The highest BCUT2D eigenvalue weighted by atomic mass is 32.2. The zero-order valence-corrected chi connectivity index (χ0v) is 19.8. The minimum absolute atomic E-state index is 0.119. The molecular formula is C22H32N4O6S. The maximum atomic E-state index is 12.1. The monoisotopic (exact) mass is 480 g/mol. The zero-order valence-electron chi connectivity index (χ0n) is 19.0. The van der Waals surface area contributed by atoms with Gasteiger partial charge >= 0.3 is 0 Å². The van der Waals surface area contributed by atoms with E-state index in [-0.39, 0.29) is 17.8 Å². The fourth-order valence-electron chi connectivity index (χ4n) is 3.95. The number of fused-ring (bicyclic) bond motifs is 1. The summed E-state index contributed by atoms with van der Waals surface area (Å²) in [6.45, 7) is 4.81. The second kappa shape index (κ2) is 12.1. The molecule has 0 spiro atoms. The molecule has 0 radical (unpaired) electrons. The minimum atomic E-state index is -0.746. The van der Waals surface area contributed by atoms with Gasteiger partial charge in [-0.15, -0.1) is 10.1 Å². The number of rotatable bonds is 12. The van der Waals surface area contributed by atoms with Crippen LogP contribution in [-0.2, 0) is 9.63 Å². The number of aliphatic hydroxyl groups is 1. The first-order chi connectivity index (χ1) is 15.8. The summed E-state index contributed by atoms with van der Waals surface area (Å²) >= 11 is 1.32. The van der Waals surface area contributed by atoms with Gasteiger partial charge < -0.3 is 25.0 Å². The van der Waals surface area contributed by atoms with Gasteiger partial charge in [0.2, 0.25) is 5.91 Å². The first-order valence-electron chi connectivity index (χ1n) is 11.2. The quantitative estimate of drug-likeness (QED) is 0.183. The van der Waals surface area contributed by atoms with Crippen LogP contribution in [0.1, 0.15) is 38.3 Å². The molecule has 182 valence electrons. The molecule has 0 bridgehead atoms. The van der Waals surface area contributed by atoms with Crippen LogP contribution in [0.5, 0.6) is 5.75 Å². The Kier molecular flexibility index (Phi) is 9.21. The van der Waals surface area contributed by atoms with Crippen LogP contribution in [0.4, 0.5) is 0 Å². The van der Waals surface area contributed by atoms with Crippen LogP contribution < -0.4 is 10.1 Å². The Hall–Kier alpha value is -2.50. The van der Waals surface area contributed by atoms with Crippen LogP contribution in [0, 0.1) is 17.0 Å². The van der Waals surface area contributed by atoms with E-state index in [4.69, 9.17) is 9.57 Å². The van der Waals surface area contributed by atoms with Crippen molar-refractivity contribution in [2.45, 2.75) is 57.0 Å². The molecule has 1 fully saturated rings. The predicted molar refractivity (Wildman–Crippen MR) is 127 cm³/mol. The van der Waals surface area contributed by atoms with Gasteiger partial charge in [-0.25, -0.2) is 0 Å². The standard InChI is InChI=1S/C22H32N4O6S/c1-15-12-18-19(24-15)6-5-8-20(18)31-14-17(28)13-23-10-11-25(16(2)27)33-22-9-4-3-7-21(22)32-26(29)30/h5-6,8,12,17,21-24,28H,3-4,7,9-11,13-14H2,1-2H3/t17?,21-,22-/m1/s1. The van der Waals surface area contributed by atoms with Gasteiger partial charge in [0.1, 0.15) is 24.6 Å². The zero-order chi connectivity index (χ0) is 23.8. The normalized spacial score (nSPS) is 19.2. The molecule has 3 rings (SSSR count). The lowest BCUT2D eigenvalue weighted by Crippen LogP contribution is -2.39. The van der Waals surface area contributed by atoms with Gasteiger partial charge in [-0.2, -0.15) is 0 Å². The van der Waals surface area contributed by atoms with Crippen LogP contribution in [0.15, 0.2) is 24.3 Å². The van der Waals surface area contributed by atoms with Gasteiger partial charge in [-0.05, 0) is 49.9 Å². The van der Waals surface area contributed by atoms with Crippen molar-refractivity contribution >= 4 is 28.8 Å². The topological polar surface area (TPSA) is 130 Å². The number of hydrogen-bond donors (Lipinski definition) is 3. The van der Waals surface area contributed by atoms with Crippen molar-refractivity contribution in [1.29, 1.82) is 0 Å². The summed E-state index contributed by atoms with van der Waals surface area (Å²) in [7, 11) is 0. The number of aryl methyl sites for hydroxylation is 1. The van der Waals surface area contributed by atoms with Crippen molar-refractivity contribution in [2.75, 3.05) is 26.2 Å². The molecule has 1 unspecified atom stereocenters. The van der Waals surface area contributed by atoms with E-state index in [1.165, 1.54) is 18.9 Å². The fraction of sp³-hybridized carbons (Fsp3) is 0.591.